The van der Waals surface area contributed by atoms with Crippen LogP contribution in [0.15, 0.2) is 0 Å². The summed E-state index contributed by atoms with van der Waals surface area (Å²) in [6.07, 6.45) is 5.50. The zero-order valence-electron chi connectivity index (χ0n) is 11.2. The van der Waals surface area contributed by atoms with Crippen LogP contribution in [0.2, 0.25) is 0 Å². The van der Waals surface area contributed by atoms with Crippen molar-refractivity contribution in [3.63, 3.8) is 0 Å². The number of carbonyl (C=O) groups is 2. The van der Waals surface area contributed by atoms with Crippen molar-refractivity contribution in [1.29, 1.82) is 0 Å². The van der Waals surface area contributed by atoms with Crippen LogP contribution in [-0.2, 0) is 9.59 Å². The van der Waals surface area contributed by atoms with Crippen LogP contribution in [0.3, 0.4) is 0 Å². The van der Waals surface area contributed by atoms with E-state index in [4.69, 9.17) is 15.3 Å². The third kappa shape index (κ3) is 7.12. The number of rotatable bonds is 6. The van der Waals surface area contributed by atoms with Crippen molar-refractivity contribution in [1.82, 2.24) is 0 Å². The fraction of sp³-hybridized carbons (Fsp3) is 0.846. The number of aliphatic hydroxyl groups excluding tert-OH is 2. The molecule has 0 heterocycles. The first-order valence-corrected chi connectivity index (χ1v) is 6.65. The Morgan fingerprint density at radius 2 is 1.47 bits per heavy atom. The molecule has 1 aliphatic rings. The lowest BCUT2D eigenvalue weighted by atomic mass is 9.71. The first-order valence-electron chi connectivity index (χ1n) is 6.65. The van der Waals surface area contributed by atoms with Gasteiger partial charge in [0.15, 0.2) is 0 Å². The van der Waals surface area contributed by atoms with Gasteiger partial charge in [-0.05, 0) is 25.7 Å². The highest BCUT2D eigenvalue weighted by molar-refractivity contribution is 5.74. The SMILES string of the molecule is O=C(O)CCCC1(C(=O)O)CCCCC1.OCCO. The zero-order valence-corrected chi connectivity index (χ0v) is 11.2. The molecule has 1 saturated carbocycles. The Kier molecular flexibility index (Phi) is 9.16. The minimum Gasteiger partial charge on any atom is -0.481 e. The fourth-order valence-corrected chi connectivity index (χ4v) is 2.38. The second-order valence-electron chi connectivity index (χ2n) is 4.84. The first-order chi connectivity index (χ1) is 8.98. The Balaban J connectivity index is 0.000000711. The van der Waals surface area contributed by atoms with Gasteiger partial charge in [-0.1, -0.05) is 19.3 Å². The summed E-state index contributed by atoms with van der Waals surface area (Å²) in [5.74, 6) is -1.58. The van der Waals surface area contributed by atoms with E-state index < -0.39 is 17.4 Å². The van der Waals surface area contributed by atoms with Crippen LogP contribution in [0, 0.1) is 5.41 Å². The van der Waals surface area contributed by atoms with Gasteiger partial charge in [-0.15, -0.1) is 0 Å². The molecule has 6 heteroatoms. The molecule has 1 fully saturated rings. The van der Waals surface area contributed by atoms with E-state index in [1.807, 2.05) is 0 Å². The molecular formula is C13H24O6. The standard InChI is InChI=1S/C11H18O4.C2H6O2/c12-9(13)5-4-8-11(10(14)15)6-2-1-3-7-11;3-1-2-4/h1-8H2,(H,12,13)(H,14,15);3-4H,1-2H2. The monoisotopic (exact) mass is 276 g/mol. The Morgan fingerprint density at radius 3 is 1.84 bits per heavy atom. The van der Waals surface area contributed by atoms with Crippen LogP contribution in [0.25, 0.3) is 0 Å². The number of aliphatic carboxylic acids is 2. The van der Waals surface area contributed by atoms with Gasteiger partial charge in [-0.3, -0.25) is 9.59 Å². The molecular weight excluding hydrogens is 252 g/mol. The summed E-state index contributed by atoms with van der Waals surface area (Å²) in [7, 11) is 0. The highest BCUT2D eigenvalue weighted by atomic mass is 16.4. The van der Waals surface area contributed by atoms with Gasteiger partial charge in [0.05, 0.1) is 18.6 Å². The van der Waals surface area contributed by atoms with Gasteiger partial charge >= 0.3 is 11.9 Å². The molecule has 0 amide bonds. The summed E-state index contributed by atoms with van der Waals surface area (Å²) in [6, 6.07) is 0. The van der Waals surface area contributed by atoms with Gasteiger partial charge in [0.25, 0.3) is 0 Å². The van der Waals surface area contributed by atoms with Crippen LogP contribution in [0.5, 0.6) is 0 Å². The van der Waals surface area contributed by atoms with Gasteiger partial charge in [-0.25, -0.2) is 0 Å². The van der Waals surface area contributed by atoms with Crippen LogP contribution < -0.4 is 0 Å². The van der Waals surface area contributed by atoms with E-state index >= 15 is 0 Å². The third-order valence-corrected chi connectivity index (χ3v) is 3.41. The van der Waals surface area contributed by atoms with Crippen molar-refractivity contribution in [3.8, 4) is 0 Å². The summed E-state index contributed by atoms with van der Waals surface area (Å²) >= 11 is 0. The first kappa shape index (κ1) is 17.9. The number of carboxylic acid groups (broad SMARTS) is 2. The van der Waals surface area contributed by atoms with Gasteiger partial charge in [-0.2, -0.15) is 0 Å². The summed E-state index contributed by atoms with van der Waals surface area (Å²) in [5, 5.41) is 33.0. The Labute approximate surface area is 113 Å². The lowest BCUT2D eigenvalue weighted by molar-refractivity contribution is -0.152. The number of hydrogen-bond acceptors (Lipinski definition) is 4. The number of carboxylic acids is 2. The van der Waals surface area contributed by atoms with Gasteiger partial charge in [0.2, 0.25) is 0 Å². The van der Waals surface area contributed by atoms with Crippen LogP contribution >= 0.6 is 0 Å². The molecule has 0 saturated heterocycles. The molecule has 19 heavy (non-hydrogen) atoms. The second kappa shape index (κ2) is 9.75. The molecule has 4 N–H and O–H groups in total. The Bertz CT molecular complexity index is 268. The lowest BCUT2D eigenvalue weighted by Crippen LogP contribution is -2.33. The van der Waals surface area contributed by atoms with E-state index in [-0.39, 0.29) is 19.6 Å². The van der Waals surface area contributed by atoms with E-state index in [0.717, 1.165) is 19.3 Å². The summed E-state index contributed by atoms with van der Waals surface area (Å²) < 4.78 is 0. The summed E-state index contributed by atoms with van der Waals surface area (Å²) in [4.78, 5) is 21.6. The van der Waals surface area contributed by atoms with E-state index in [1.165, 1.54) is 0 Å². The Morgan fingerprint density at radius 1 is 0.947 bits per heavy atom. The van der Waals surface area contributed by atoms with Crippen molar-refractivity contribution >= 4 is 11.9 Å². The average molecular weight is 276 g/mol. The molecule has 0 radical (unpaired) electrons. The maximum Gasteiger partial charge on any atom is 0.309 e. The molecule has 0 aromatic rings. The van der Waals surface area contributed by atoms with Crippen molar-refractivity contribution < 1.29 is 30.0 Å². The van der Waals surface area contributed by atoms with Crippen LogP contribution in [0.4, 0.5) is 0 Å². The van der Waals surface area contributed by atoms with E-state index in [0.29, 0.717) is 25.7 Å². The second-order valence-corrected chi connectivity index (χ2v) is 4.84. The summed E-state index contributed by atoms with van der Waals surface area (Å²) in [5.41, 5.74) is -0.631. The van der Waals surface area contributed by atoms with Crippen LogP contribution in [0.1, 0.15) is 51.4 Å². The molecule has 0 spiro atoms. The molecule has 1 rings (SSSR count). The maximum absolute atomic E-state index is 11.2. The van der Waals surface area contributed by atoms with Crippen molar-refractivity contribution in [2.45, 2.75) is 51.4 Å². The number of aliphatic hydroxyl groups is 2. The summed E-state index contributed by atoms with van der Waals surface area (Å²) in [6.45, 7) is -0.250. The minimum atomic E-state index is -0.841. The van der Waals surface area contributed by atoms with E-state index in [2.05, 4.69) is 0 Å². The topological polar surface area (TPSA) is 115 Å². The molecule has 0 aromatic carbocycles. The van der Waals surface area contributed by atoms with E-state index in [1.54, 1.807) is 0 Å². The van der Waals surface area contributed by atoms with Gasteiger partial charge < -0.3 is 20.4 Å². The quantitative estimate of drug-likeness (QED) is 0.580. The molecule has 6 nitrogen and oxygen atoms in total. The highest BCUT2D eigenvalue weighted by Gasteiger charge is 2.38. The van der Waals surface area contributed by atoms with Crippen LogP contribution in [-0.4, -0.2) is 45.6 Å². The van der Waals surface area contributed by atoms with Crippen molar-refractivity contribution in [2.75, 3.05) is 13.2 Å². The van der Waals surface area contributed by atoms with Gasteiger partial charge in [0.1, 0.15) is 0 Å². The molecule has 112 valence electrons. The zero-order chi connectivity index (χ0) is 14.7. The molecule has 1 aliphatic carbocycles. The maximum atomic E-state index is 11.2. The van der Waals surface area contributed by atoms with Gasteiger partial charge in [0, 0.05) is 6.42 Å². The molecule has 0 atom stereocenters. The van der Waals surface area contributed by atoms with E-state index in [9.17, 15) is 14.7 Å². The fourth-order valence-electron chi connectivity index (χ4n) is 2.38. The average Bonchev–Trinajstić information content (AvgIpc) is 2.39. The highest BCUT2D eigenvalue weighted by Crippen LogP contribution is 2.40. The smallest absolute Gasteiger partial charge is 0.309 e. The third-order valence-electron chi connectivity index (χ3n) is 3.41. The predicted molar refractivity (Wildman–Crippen MR) is 68.8 cm³/mol. The molecule has 0 bridgehead atoms. The number of hydrogen-bond donors (Lipinski definition) is 4. The normalized spacial score (nSPS) is 17.2. The predicted octanol–water partition coefficient (Wildman–Crippen LogP) is 1.25. The minimum absolute atomic E-state index is 0.0784. The Hall–Kier alpha value is -1.14. The molecule has 0 unspecified atom stereocenters. The molecule has 0 aromatic heterocycles. The largest absolute Gasteiger partial charge is 0.481 e. The lowest BCUT2D eigenvalue weighted by Gasteiger charge is -2.33. The molecule has 0 aliphatic heterocycles. The van der Waals surface area contributed by atoms with Crippen molar-refractivity contribution in [2.24, 2.45) is 5.41 Å². The van der Waals surface area contributed by atoms with Crippen molar-refractivity contribution in [3.05, 3.63) is 0 Å².